The monoisotopic (exact) mass is 403 g/mol. The Labute approximate surface area is 165 Å². The fourth-order valence-corrected chi connectivity index (χ4v) is 5.04. The van der Waals surface area contributed by atoms with E-state index in [1.54, 1.807) is 42.3 Å². The summed E-state index contributed by atoms with van der Waals surface area (Å²) < 4.78 is 20.6. The van der Waals surface area contributed by atoms with Crippen LogP contribution in [0.3, 0.4) is 0 Å². The van der Waals surface area contributed by atoms with Crippen molar-refractivity contribution in [1.82, 2.24) is 5.32 Å². The average molecular weight is 404 g/mol. The number of amides is 1. The number of methoxy groups -OCH3 is 1. The van der Waals surface area contributed by atoms with Crippen LogP contribution in [0.5, 0.6) is 5.75 Å². The van der Waals surface area contributed by atoms with Gasteiger partial charge in [0.15, 0.2) is 0 Å². The summed E-state index contributed by atoms with van der Waals surface area (Å²) >= 11 is 3.09. The lowest BCUT2D eigenvalue weighted by Gasteiger charge is -2.06. The molecule has 4 nitrogen and oxygen atoms in total. The average Bonchev–Trinajstić information content (AvgIpc) is 3.04. The number of ether oxygens (including phenoxy) is 1. The number of nitrogens with one attached hydrogen (secondary N) is 1. The summed E-state index contributed by atoms with van der Waals surface area (Å²) in [7, 11) is 1.62. The number of hydrogen-bond donors (Lipinski definition) is 2. The van der Waals surface area contributed by atoms with Crippen LogP contribution < -0.4 is 10.1 Å². The number of benzene rings is 2. The van der Waals surface area contributed by atoms with Gasteiger partial charge in [0.1, 0.15) is 11.6 Å². The van der Waals surface area contributed by atoms with Crippen molar-refractivity contribution in [3.05, 3.63) is 65.3 Å². The molecule has 140 valence electrons. The molecule has 0 saturated heterocycles. The molecule has 0 aliphatic carbocycles. The van der Waals surface area contributed by atoms with Crippen molar-refractivity contribution in [2.24, 2.45) is 0 Å². The van der Waals surface area contributed by atoms with E-state index in [1.165, 1.54) is 6.07 Å². The van der Waals surface area contributed by atoms with E-state index in [1.807, 2.05) is 36.4 Å². The molecule has 0 bridgehead atoms. The Kier molecular flexibility index (Phi) is 6.36. The fourth-order valence-electron chi connectivity index (χ4n) is 2.55. The number of halogens is 1. The Morgan fingerprint density at radius 3 is 2.74 bits per heavy atom. The molecule has 7 heteroatoms. The second-order valence-electron chi connectivity index (χ2n) is 5.66. The van der Waals surface area contributed by atoms with E-state index in [9.17, 15) is 9.18 Å². The van der Waals surface area contributed by atoms with Gasteiger partial charge in [0, 0.05) is 27.4 Å². The SMILES string of the molecule is COc1cccc(Sc2sc(CCNC(=O)O)cc2-c2ccccc2F)c1. The van der Waals surface area contributed by atoms with E-state index in [0.29, 0.717) is 18.5 Å². The molecule has 27 heavy (non-hydrogen) atoms. The second kappa shape index (κ2) is 8.92. The zero-order chi connectivity index (χ0) is 19.2. The molecule has 1 aromatic heterocycles. The van der Waals surface area contributed by atoms with Gasteiger partial charge >= 0.3 is 6.09 Å². The Morgan fingerprint density at radius 1 is 1.19 bits per heavy atom. The van der Waals surface area contributed by atoms with Gasteiger partial charge in [-0.25, -0.2) is 9.18 Å². The number of rotatable bonds is 7. The quantitative estimate of drug-likeness (QED) is 0.545. The third-order valence-electron chi connectivity index (χ3n) is 3.81. The largest absolute Gasteiger partial charge is 0.497 e. The molecule has 2 aromatic carbocycles. The molecule has 3 aromatic rings. The lowest BCUT2D eigenvalue weighted by atomic mass is 10.1. The van der Waals surface area contributed by atoms with E-state index in [0.717, 1.165) is 25.3 Å². The van der Waals surface area contributed by atoms with Crippen molar-refractivity contribution in [2.45, 2.75) is 15.5 Å². The summed E-state index contributed by atoms with van der Waals surface area (Å²) in [5, 5.41) is 11.1. The maximum atomic E-state index is 14.4. The molecule has 0 radical (unpaired) electrons. The zero-order valence-corrected chi connectivity index (χ0v) is 16.2. The first-order valence-electron chi connectivity index (χ1n) is 8.23. The highest BCUT2D eigenvalue weighted by atomic mass is 32.2. The van der Waals surface area contributed by atoms with Crippen molar-refractivity contribution >= 4 is 29.2 Å². The van der Waals surface area contributed by atoms with Gasteiger partial charge in [-0.05, 0) is 36.8 Å². The smallest absolute Gasteiger partial charge is 0.404 e. The summed E-state index contributed by atoms with van der Waals surface area (Å²) in [6, 6.07) is 16.3. The molecule has 0 aliphatic heterocycles. The van der Waals surface area contributed by atoms with Gasteiger partial charge in [-0.2, -0.15) is 0 Å². The van der Waals surface area contributed by atoms with E-state index in [4.69, 9.17) is 9.84 Å². The molecular weight excluding hydrogens is 385 g/mol. The predicted molar refractivity (Wildman–Crippen MR) is 107 cm³/mol. The van der Waals surface area contributed by atoms with E-state index < -0.39 is 6.09 Å². The van der Waals surface area contributed by atoms with Crippen molar-refractivity contribution < 1.29 is 19.0 Å². The molecule has 0 atom stereocenters. The minimum atomic E-state index is -1.05. The molecule has 3 rings (SSSR count). The third-order valence-corrected chi connectivity index (χ3v) is 6.20. The molecule has 2 N–H and O–H groups in total. The Morgan fingerprint density at radius 2 is 2.00 bits per heavy atom. The second-order valence-corrected chi connectivity index (χ2v) is 8.14. The fraction of sp³-hybridized carbons (Fsp3) is 0.150. The minimum Gasteiger partial charge on any atom is -0.497 e. The van der Waals surface area contributed by atoms with Gasteiger partial charge in [0.05, 0.1) is 11.3 Å². The summed E-state index contributed by atoms with van der Waals surface area (Å²) in [5.41, 5.74) is 1.35. The van der Waals surface area contributed by atoms with Crippen LogP contribution in [0.2, 0.25) is 0 Å². The predicted octanol–water partition coefficient (Wildman–Crippen LogP) is 5.52. The van der Waals surface area contributed by atoms with Crippen LogP contribution in [0.1, 0.15) is 4.88 Å². The Balaban J connectivity index is 1.93. The minimum absolute atomic E-state index is 0.280. The highest BCUT2D eigenvalue weighted by Crippen LogP contribution is 2.43. The van der Waals surface area contributed by atoms with Crippen LogP contribution in [0.15, 0.2) is 63.7 Å². The Bertz CT molecular complexity index is 942. The maximum Gasteiger partial charge on any atom is 0.404 e. The van der Waals surface area contributed by atoms with Gasteiger partial charge in [0.2, 0.25) is 0 Å². The number of carboxylic acid groups (broad SMARTS) is 1. The molecule has 1 amide bonds. The zero-order valence-electron chi connectivity index (χ0n) is 14.6. The van der Waals surface area contributed by atoms with Gasteiger partial charge < -0.3 is 15.2 Å². The van der Waals surface area contributed by atoms with E-state index in [-0.39, 0.29) is 5.82 Å². The van der Waals surface area contributed by atoms with Gasteiger partial charge in [-0.15, -0.1) is 11.3 Å². The standard InChI is InChI=1S/C20H18FNO3S2/c1-25-13-5-4-6-14(11-13)26-19-17(16-7-2-3-8-18(16)21)12-15(27-19)9-10-22-20(23)24/h2-8,11-12,22H,9-10H2,1H3,(H,23,24). The van der Waals surface area contributed by atoms with Crippen molar-refractivity contribution in [1.29, 1.82) is 0 Å². The van der Waals surface area contributed by atoms with Gasteiger partial charge in [-0.3, -0.25) is 0 Å². The first-order valence-corrected chi connectivity index (χ1v) is 9.86. The first kappa shape index (κ1) is 19.3. The van der Waals surface area contributed by atoms with Crippen LogP contribution in [-0.2, 0) is 6.42 Å². The van der Waals surface area contributed by atoms with Crippen LogP contribution >= 0.6 is 23.1 Å². The van der Waals surface area contributed by atoms with Gasteiger partial charge in [-0.1, -0.05) is 36.0 Å². The van der Waals surface area contributed by atoms with Crippen LogP contribution in [0.25, 0.3) is 11.1 Å². The van der Waals surface area contributed by atoms with Gasteiger partial charge in [0.25, 0.3) is 0 Å². The maximum absolute atomic E-state index is 14.4. The number of hydrogen-bond acceptors (Lipinski definition) is 4. The summed E-state index contributed by atoms with van der Waals surface area (Å²) in [5.74, 6) is 0.480. The molecule has 0 unspecified atom stereocenters. The highest BCUT2D eigenvalue weighted by molar-refractivity contribution is 8.01. The van der Waals surface area contributed by atoms with Crippen LogP contribution in [0, 0.1) is 5.82 Å². The van der Waals surface area contributed by atoms with Crippen LogP contribution in [-0.4, -0.2) is 24.9 Å². The molecule has 1 heterocycles. The number of thiophene rings is 1. The van der Waals surface area contributed by atoms with E-state index in [2.05, 4.69) is 5.32 Å². The third kappa shape index (κ3) is 5.02. The van der Waals surface area contributed by atoms with Crippen molar-refractivity contribution in [3.8, 4) is 16.9 Å². The number of carbonyl (C=O) groups is 1. The van der Waals surface area contributed by atoms with Crippen LogP contribution in [0.4, 0.5) is 9.18 Å². The lowest BCUT2D eigenvalue weighted by Crippen LogP contribution is -2.22. The highest BCUT2D eigenvalue weighted by Gasteiger charge is 2.16. The summed E-state index contributed by atoms with van der Waals surface area (Å²) in [6.45, 7) is 0.315. The molecule has 0 spiro atoms. The molecule has 0 saturated carbocycles. The summed E-state index contributed by atoms with van der Waals surface area (Å²) in [6.07, 6.45) is -0.497. The molecular formula is C20H18FNO3S2. The van der Waals surface area contributed by atoms with E-state index >= 15 is 0 Å². The summed E-state index contributed by atoms with van der Waals surface area (Å²) in [4.78, 5) is 12.6. The first-order chi connectivity index (χ1) is 13.1. The molecule has 0 aliphatic rings. The lowest BCUT2D eigenvalue weighted by molar-refractivity contribution is 0.194. The Hall–Kier alpha value is -2.51. The normalized spacial score (nSPS) is 10.6. The molecule has 0 fully saturated rings. The van der Waals surface area contributed by atoms with Crippen molar-refractivity contribution in [3.63, 3.8) is 0 Å². The van der Waals surface area contributed by atoms with Crippen molar-refractivity contribution in [2.75, 3.05) is 13.7 Å². The topological polar surface area (TPSA) is 58.6 Å².